The first-order valence-electron chi connectivity index (χ1n) is 7.60. The van der Waals surface area contributed by atoms with E-state index in [1.807, 2.05) is 29.3 Å². The Balaban J connectivity index is 1.87. The SMILES string of the molecule is CC1CCCC(C)N1NC(=O)COc1ccccc1CN. The first kappa shape index (κ1) is 15.8. The highest BCUT2D eigenvalue weighted by atomic mass is 16.5. The van der Waals surface area contributed by atoms with Crippen LogP contribution < -0.4 is 15.9 Å². The molecule has 1 fully saturated rings. The second-order valence-corrected chi connectivity index (χ2v) is 5.67. The van der Waals surface area contributed by atoms with Gasteiger partial charge in [-0.15, -0.1) is 0 Å². The second kappa shape index (κ2) is 7.43. The highest BCUT2D eigenvalue weighted by Gasteiger charge is 2.26. The predicted octanol–water partition coefficient (Wildman–Crippen LogP) is 1.82. The summed E-state index contributed by atoms with van der Waals surface area (Å²) in [6.07, 6.45) is 3.44. The van der Waals surface area contributed by atoms with Gasteiger partial charge < -0.3 is 10.5 Å². The van der Waals surface area contributed by atoms with Crippen molar-refractivity contribution in [2.75, 3.05) is 6.61 Å². The van der Waals surface area contributed by atoms with Crippen LogP contribution in [0.5, 0.6) is 5.75 Å². The number of carbonyl (C=O) groups excluding carboxylic acids is 1. The number of carbonyl (C=O) groups is 1. The van der Waals surface area contributed by atoms with E-state index in [1.54, 1.807) is 0 Å². The topological polar surface area (TPSA) is 67.6 Å². The van der Waals surface area contributed by atoms with Gasteiger partial charge in [0.15, 0.2) is 6.61 Å². The number of amides is 1. The van der Waals surface area contributed by atoms with E-state index in [9.17, 15) is 4.79 Å². The van der Waals surface area contributed by atoms with Crippen molar-refractivity contribution in [3.8, 4) is 5.75 Å². The van der Waals surface area contributed by atoms with Crippen LogP contribution in [0.3, 0.4) is 0 Å². The molecule has 2 rings (SSSR count). The quantitative estimate of drug-likeness (QED) is 0.868. The summed E-state index contributed by atoms with van der Waals surface area (Å²) in [4.78, 5) is 12.1. The molecule has 2 unspecified atom stereocenters. The van der Waals surface area contributed by atoms with Gasteiger partial charge in [0, 0.05) is 24.2 Å². The van der Waals surface area contributed by atoms with Gasteiger partial charge in [0.25, 0.3) is 5.91 Å². The van der Waals surface area contributed by atoms with Crippen LogP contribution in [-0.2, 0) is 11.3 Å². The van der Waals surface area contributed by atoms with E-state index in [2.05, 4.69) is 19.3 Å². The molecule has 5 nitrogen and oxygen atoms in total. The summed E-state index contributed by atoms with van der Waals surface area (Å²) in [5.74, 6) is 0.553. The van der Waals surface area contributed by atoms with E-state index in [-0.39, 0.29) is 12.5 Å². The maximum atomic E-state index is 12.1. The Hall–Kier alpha value is -1.59. The van der Waals surface area contributed by atoms with Crippen LogP contribution >= 0.6 is 0 Å². The molecule has 1 aliphatic rings. The zero-order valence-electron chi connectivity index (χ0n) is 12.8. The van der Waals surface area contributed by atoms with E-state index < -0.39 is 0 Å². The maximum absolute atomic E-state index is 12.1. The molecule has 1 heterocycles. The molecule has 1 amide bonds. The lowest BCUT2D eigenvalue weighted by atomic mass is 10.00. The number of hydrogen-bond donors (Lipinski definition) is 2. The van der Waals surface area contributed by atoms with Crippen molar-refractivity contribution >= 4 is 5.91 Å². The van der Waals surface area contributed by atoms with Crippen molar-refractivity contribution in [3.05, 3.63) is 29.8 Å². The molecule has 5 heteroatoms. The third-order valence-corrected chi connectivity index (χ3v) is 4.00. The van der Waals surface area contributed by atoms with Crippen molar-refractivity contribution in [3.63, 3.8) is 0 Å². The lowest BCUT2D eigenvalue weighted by molar-refractivity contribution is -0.131. The van der Waals surface area contributed by atoms with Crippen LogP contribution in [0.15, 0.2) is 24.3 Å². The molecule has 1 saturated heterocycles. The molecule has 0 spiro atoms. The molecule has 0 bridgehead atoms. The summed E-state index contributed by atoms with van der Waals surface area (Å²) in [6.45, 7) is 4.69. The number of ether oxygens (including phenoxy) is 1. The summed E-state index contributed by atoms with van der Waals surface area (Å²) in [5.41, 5.74) is 9.53. The normalized spacial score (nSPS) is 22.8. The highest BCUT2D eigenvalue weighted by Crippen LogP contribution is 2.20. The molecule has 1 aromatic carbocycles. The number of rotatable bonds is 5. The Morgan fingerprint density at radius 3 is 2.67 bits per heavy atom. The largest absolute Gasteiger partial charge is 0.483 e. The zero-order valence-corrected chi connectivity index (χ0v) is 12.8. The van der Waals surface area contributed by atoms with Gasteiger partial charge in [-0.2, -0.15) is 0 Å². The number of hydrazine groups is 1. The number of nitrogens with one attached hydrogen (secondary N) is 1. The monoisotopic (exact) mass is 291 g/mol. The number of hydrogen-bond acceptors (Lipinski definition) is 4. The van der Waals surface area contributed by atoms with Gasteiger partial charge in [-0.1, -0.05) is 24.6 Å². The van der Waals surface area contributed by atoms with Crippen LogP contribution in [-0.4, -0.2) is 29.6 Å². The standard InChI is InChI=1S/C16H25N3O2/c1-12-6-5-7-13(2)19(12)18-16(20)11-21-15-9-4-3-8-14(15)10-17/h3-4,8-9,12-13H,5-7,10-11,17H2,1-2H3,(H,18,20). The minimum absolute atomic E-state index is 0.00690. The minimum atomic E-state index is -0.123. The van der Waals surface area contributed by atoms with Crippen LogP contribution in [0, 0.1) is 0 Å². The molecular weight excluding hydrogens is 266 g/mol. The Kier molecular flexibility index (Phi) is 5.59. The molecule has 0 aliphatic carbocycles. The average Bonchev–Trinajstić information content (AvgIpc) is 2.49. The highest BCUT2D eigenvalue weighted by molar-refractivity contribution is 5.77. The van der Waals surface area contributed by atoms with Gasteiger partial charge >= 0.3 is 0 Å². The van der Waals surface area contributed by atoms with Crippen molar-refractivity contribution in [1.82, 2.24) is 10.4 Å². The smallest absolute Gasteiger partial charge is 0.272 e. The summed E-state index contributed by atoms with van der Waals surface area (Å²) >= 11 is 0. The number of piperidine rings is 1. The fourth-order valence-electron chi connectivity index (χ4n) is 2.77. The minimum Gasteiger partial charge on any atom is -0.483 e. The fraction of sp³-hybridized carbons (Fsp3) is 0.562. The summed E-state index contributed by atoms with van der Waals surface area (Å²) in [5, 5.41) is 2.05. The number of benzene rings is 1. The lowest BCUT2D eigenvalue weighted by Crippen LogP contribution is -2.55. The van der Waals surface area contributed by atoms with Gasteiger partial charge in [-0.3, -0.25) is 10.2 Å². The molecule has 116 valence electrons. The van der Waals surface area contributed by atoms with Crippen molar-refractivity contribution in [1.29, 1.82) is 0 Å². The summed E-state index contributed by atoms with van der Waals surface area (Å²) in [6, 6.07) is 8.26. The van der Waals surface area contributed by atoms with E-state index in [4.69, 9.17) is 10.5 Å². The van der Waals surface area contributed by atoms with Crippen LogP contribution in [0.2, 0.25) is 0 Å². The summed E-state index contributed by atoms with van der Waals surface area (Å²) < 4.78 is 5.58. The van der Waals surface area contributed by atoms with E-state index >= 15 is 0 Å². The van der Waals surface area contributed by atoms with Crippen LogP contribution in [0.4, 0.5) is 0 Å². The Morgan fingerprint density at radius 1 is 1.33 bits per heavy atom. The predicted molar refractivity (Wildman–Crippen MR) is 82.6 cm³/mol. The zero-order chi connectivity index (χ0) is 15.2. The van der Waals surface area contributed by atoms with Gasteiger partial charge in [-0.05, 0) is 32.8 Å². The van der Waals surface area contributed by atoms with Crippen molar-refractivity contribution in [2.24, 2.45) is 5.73 Å². The average molecular weight is 291 g/mol. The molecule has 1 aromatic rings. The second-order valence-electron chi connectivity index (χ2n) is 5.67. The maximum Gasteiger partial charge on any atom is 0.272 e. The molecule has 0 aromatic heterocycles. The number of para-hydroxylation sites is 1. The Bertz CT molecular complexity index is 468. The first-order chi connectivity index (χ1) is 10.1. The molecular formula is C16H25N3O2. The fourth-order valence-corrected chi connectivity index (χ4v) is 2.77. The lowest BCUT2D eigenvalue weighted by Gasteiger charge is -2.38. The van der Waals surface area contributed by atoms with Crippen molar-refractivity contribution in [2.45, 2.75) is 51.7 Å². The van der Waals surface area contributed by atoms with Crippen molar-refractivity contribution < 1.29 is 9.53 Å². The van der Waals surface area contributed by atoms with Gasteiger partial charge in [-0.25, -0.2) is 5.01 Å². The molecule has 0 saturated carbocycles. The molecule has 2 atom stereocenters. The Labute approximate surface area is 126 Å². The molecule has 1 aliphatic heterocycles. The van der Waals surface area contributed by atoms with Gasteiger partial charge in [0.05, 0.1) is 0 Å². The molecule has 3 N–H and O–H groups in total. The molecule has 21 heavy (non-hydrogen) atoms. The molecule has 0 radical (unpaired) electrons. The Morgan fingerprint density at radius 2 is 2.00 bits per heavy atom. The van der Waals surface area contributed by atoms with Crippen LogP contribution in [0.25, 0.3) is 0 Å². The first-order valence-corrected chi connectivity index (χ1v) is 7.60. The third-order valence-electron chi connectivity index (χ3n) is 4.00. The van der Waals surface area contributed by atoms with Gasteiger partial charge in [0.2, 0.25) is 0 Å². The van der Waals surface area contributed by atoms with Gasteiger partial charge in [0.1, 0.15) is 5.75 Å². The van der Waals surface area contributed by atoms with E-state index in [0.29, 0.717) is 24.4 Å². The van der Waals surface area contributed by atoms with Crippen LogP contribution in [0.1, 0.15) is 38.7 Å². The van der Waals surface area contributed by atoms with E-state index in [0.717, 1.165) is 18.4 Å². The van der Waals surface area contributed by atoms with E-state index in [1.165, 1.54) is 6.42 Å². The number of nitrogens with zero attached hydrogens (tertiary/aromatic N) is 1. The third kappa shape index (κ3) is 4.19. The number of nitrogens with two attached hydrogens (primary N) is 1. The summed E-state index contributed by atoms with van der Waals surface area (Å²) in [7, 11) is 0.